The average molecular weight is 253 g/mol. The van der Waals surface area contributed by atoms with E-state index in [0.29, 0.717) is 0 Å². The van der Waals surface area contributed by atoms with Gasteiger partial charge in [0.2, 0.25) is 0 Å². The summed E-state index contributed by atoms with van der Waals surface area (Å²) in [6.45, 7) is 4.80. The van der Waals surface area contributed by atoms with Crippen LogP contribution in [0.15, 0.2) is 48.5 Å². The predicted molar refractivity (Wildman–Crippen MR) is 78.2 cm³/mol. The van der Waals surface area contributed by atoms with E-state index < -0.39 is 0 Å². The molecule has 19 heavy (non-hydrogen) atoms. The van der Waals surface area contributed by atoms with Crippen LogP contribution in [0.4, 0.5) is 0 Å². The van der Waals surface area contributed by atoms with Gasteiger partial charge in [-0.15, -0.1) is 0 Å². The van der Waals surface area contributed by atoms with Gasteiger partial charge in [0.15, 0.2) is 0 Å². The smallest absolute Gasteiger partial charge is 0.0950 e. The molecule has 1 atom stereocenters. The minimum Gasteiger partial charge on any atom is -0.371 e. The van der Waals surface area contributed by atoms with Crippen molar-refractivity contribution in [3.05, 3.63) is 59.7 Å². The van der Waals surface area contributed by atoms with Crippen molar-refractivity contribution < 1.29 is 4.74 Å². The van der Waals surface area contributed by atoms with Crippen molar-refractivity contribution in [3.8, 4) is 11.1 Å². The Kier molecular flexibility index (Phi) is 3.62. The highest BCUT2D eigenvalue weighted by Gasteiger charge is 2.16. The van der Waals surface area contributed by atoms with Crippen LogP contribution >= 0.6 is 0 Å². The standard InChI is InChI=1S/C17H19NO/c1-13-5-2-3-8-16(13)14-6-4-7-15(11-14)17-12-18-9-10-19-17/h2-8,11,17-18H,9-10,12H2,1H3. The zero-order valence-corrected chi connectivity index (χ0v) is 11.2. The highest BCUT2D eigenvalue weighted by molar-refractivity contribution is 5.67. The molecule has 98 valence electrons. The molecule has 0 bridgehead atoms. The molecular formula is C17H19NO. The van der Waals surface area contributed by atoms with Crippen molar-refractivity contribution >= 4 is 0 Å². The van der Waals surface area contributed by atoms with E-state index in [9.17, 15) is 0 Å². The first-order valence-corrected chi connectivity index (χ1v) is 6.83. The van der Waals surface area contributed by atoms with E-state index in [1.54, 1.807) is 0 Å². The Labute approximate surface area is 114 Å². The fourth-order valence-corrected chi connectivity index (χ4v) is 2.58. The van der Waals surface area contributed by atoms with Gasteiger partial charge in [-0.25, -0.2) is 0 Å². The normalized spacial score (nSPS) is 19.3. The first-order chi connectivity index (χ1) is 9.34. The van der Waals surface area contributed by atoms with Crippen LogP contribution in [0.5, 0.6) is 0 Å². The molecule has 3 rings (SSSR count). The Morgan fingerprint density at radius 1 is 1.11 bits per heavy atom. The Balaban J connectivity index is 1.93. The maximum Gasteiger partial charge on any atom is 0.0950 e. The number of morpholine rings is 1. The number of aryl methyl sites for hydroxylation is 1. The van der Waals surface area contributed by atoms with Crippen LogP contribution in [-0.2, 0) is 4.74 Å². The summed E-state index contributed by atoms with van der Waals surface area (Å²) in [6.07, 6.45) is 0.178. The molecule has 1 aliphatic heterocycles. The second-order valence-corrected chi connectivity index (χ2v) is 5.00. The zero-order chi connectivity index (χ0) is 13.1. The lowest BCUT2D eigenvalue weighted by atomic mass is 9.97. The van der Waals surface area contributed by atoms with Crippen LogP contribution < -0.4 is 5.32 Å². The first-order valence-electron chi connectivity index (χ1n) is 6.83. The first kappa shape index (κ1) is 12.4. The Hall–Kier alpha value is -1.64. The number of benzene rings is 2. The van der Waals surface area contributed by atoms with Crippen LogP contribution in [0.3, 0.4) is 0 Å². The molecule has 0 radical (unpaired) electrons. The van der Waals surface area contributed by atoms with Crippen molar-refractivity contribution in [2.75, 3.05) is 19.7 Å². The lowest BCUT2D eigenvalue weighted by Crippen LogP contribution is -2.33. The lowest BCUT2D eigenvalue weighted by Gasteiger charge is -2.24. The van der Waals surface area contributed by atoms with Crippen molar-refractivity contribution in [1.29, 1.82) is 0 Å². The third kappa shape index (κ3) is 2.70. The molecule has 2 nitrogen and oxygen atoms in total. The summed E-state index contributed by atoms with van der Waals surface area (Å²) < 4.78 is 5.82. The van der Waals surface area contributed by atoms with Crippen LogP contribution in [0.1, 0.15) is 17.2 Å². The number of rotatable bonds is 2. The van der Waals surface area contributed by atoms with Crippen LogP contribution in [0.2, 0.25) is 0 Å². The van der Waals surface area contributed by atoms with Gasteiger partial charge in [0.05, 0.1) is 12.7 Å². The fraction of sp³-hybridized carbons (Fsp3) is 0.294. The van der Waals surface area contributed by atoms with E-state index in [1.807, 2.05) is 0 Å². The van der Waals surface area contributed by atoms with Crippen LogP contribution in [0, 0.1) is 6.92 Å². The molecule has 0 spiro atoms. The molecule has 1 N–H and O–H groups in total. The summed E-state index contributed by atoms with van der Waals surface area (Å²) >= 11 is 0. The van der Waals surface area contributed by atoms with E-state index in [2.05, 4.69) is 60.8 Å². The minimum atomic E-state index is 0.178. The van der Waals surface area contributed by atoms with Crippen LogP contribution in [0.25, 0.3) is 11.1 Å². The summed E-state index contributed by atoms with van der Waals surface area (Å²) in [7, 11) is 0. The third-order valence-corrected chi connectivity index (χ3v) is 3.64. The monoisotopic (exact) mass is 253 g/mol. The van der Waals surface area contributed by atoms with Gasteiger partial charge in [-0.2, -0.15) is 0 Å². The van der Waals surface area contributed by atoms with Crippen LogP contribution in [-0.4, -0.2) is 19.7 Å². The average Bonchev–Trinajstić information content (AvgIpc) is 2.49. The molecule has 0 aromatic heterocycles. The number of hydrogen-bond acceptors (Lipinski definition) is 2. The highest BCUT2D eigenvalue weighted by Crippen LogP contribution is 2.27. The van der Waals surface area contributed by atoms with E-state index in [0.717, 1.165) is 19.7 Å². The molecule has 1 fully saturated rings. The van der Waals surface area contributed by atoms with Gasteiger partial charge in [-0.3, -0.25) is 0 Å². The number of ether oxygens (including phenoxy) is 1. The maximum absolute atomic E-state index is 5.82. The summed E-state index contributed by atoms with van der Waals surface area (Å²) in [6, 6.07) is 17.2. The second-order valence-electron chi connectivity index (χ2n) is 5.00. The van der Waals surface area contributed by atoms with E-state index >= 15 is 0 Å². The van der Waals surface area contributed by atoms with Gasteiger partial charge in [0.1, 0.15) is 0 Å². The molecular weight excluding hydrogens is 234 g/mol. The molecule has 2 aromatic rings. The summed E-state index contributed by atoms with van der Waals surface area (Å²) in [5, 5.41) is 3.38. The zero-order valence-electron chi connectivity index (χ0n) is 11.2. The van der Waals surface area contributed by atoms with Gasteiger partial charge in [0.25, 0.3) is 0 Å². The molecule has 1 saturated heterocycles. The van der Waals surface area contributed by atoms with Gasteiger partial charge in [0, 0.05) is 13.1 Å². The molecule has 0 aliphatic carbocycles. The van der Waals surface area contributed by atoms with E-state index in [4.69, 9.17) is 4.74 Å². The Bertz CT molecular complexity index is 559. The highest BCUT2D eigenvalue weighted by atomic mass is 16.5. The largest absolute Gasteiger partial charge is 0.371 e. The topological polar surface area (TPSA) is 21.3 Å². The summed E-state index contributed by atoms with van der Waals surface area (Å²) in [5.74, 6) is 0. The SMILES string of the molecule is Cc1ccccc1-c1cccc(C2CNCCO2)c1. The predicted octanol–water partition coefficient (Wildman–Crippen LogP) is 3.32. The molecule has 1 aliphatic rings. The minimum absolute atomic E-state index is 0.178. The molecule has 0 amide bonds. The van der Waals surface area contributed by atoms with Gasteiger partial charge >= 0.3 is 0 Å². The molecule has 2 heteroatoms. The number of hydrogen-bond donors (Lipinski definition) is 1. The van der Waals surface area contributed by atoms with E-state index in [1.165, 1.54) is 22.3 Å². The van der Waals surface area contributed by atoms with Crippen molar-refractivity contribution in [2.45, 2.75) is 13.0 Å². The molecule has 0 saturated carbocycles. The van der Waals surface area contributed by atoms with Crippen molar-refractivity contribution in [3.63, 3.8) is 0 Å². The quantitative estimate of drug-likeness (QED) is 0.886. The summed E-state index contributed by atoms with van der Waals surface area (Å²) in [4.78, 5) is 0. The fourth-order valence-electron chi connectivity index (χ4n) is 2.58. The third-order valence-electron chi connectivity index (χ3n) is 3.64. The second kappa shape index (κ2) is 5.55. The van der Waals surface area contributed by atoms with Gasteiger partial charge in [-0.1, -0.05) is 42.5 Å². The van der Waals surface area contributed by atoms with Gasteiger partial charge < -0.3 is 10.1 Å². The van der Waals surface area contributed by atoms with Gasteiger partial charge in [-0.05, 0) is 35.2 Å². The van der Waals surface area contributed by atoms with E-state index in [-0.39, 0.29) is 6.10 Å². The Morgan fingerprint density at radius 2 is 2.00 bits per heavy atom. The molecule has 2 aromatic carbocycles. The number of nitrogens with one attached hydrogen (secondary N) is 1. The summed E-state index contributed by atoms with van der Waals surface area (Å²) in [5.41, 5.74) is 5.13. The lowest BCUT2D eigenvalue weighted by molar-refractivity contribution is 0.0277. The molecule has 1 heterocycles. The van der Waals surface area contributed by atoms with Crippen molar-refractivity contribution in [2.24, 2.45) is 0 Å². The maximum atomic E-state index is 5.82. The molecule has 1 unspecified atom stereocenters. The van der Waals surface area contributed by atoms with Crippen molar-refractivity contribution in [1.82, 2.24) is 5.32 Å². The Morgan fingerprint density at radius 3 is 2.79 bits per heavy atom.